The molecule has 2 aliphatic heterocycles. The third kappa shape index (κ3) is 3.86. The van der Waals surface area contributed by atoms with Crippen molar-refractivity contribution in [3.63, 3.8) is 0 Å². The van der Waals surface area contributed by atoms with Crippen molar-refractivity contribution in [3.8, 4) is 16.6 Å². The summed E-state index contributed by atoms with van der Waals surface area (Å²) in [6.45, 7) is 2.86. The van der Waals surface area contributed by atoms with Crippen molar-refractivity contribution in [2.45, 2.75) is 42.5 Å². The molecule has 6 rings (SSSR count). The van der Waals surface area contributed by atoms with Crippen LogP contribution in [0.5, 0.6) is 0 Å². The van der Waals surface area contributed by atoms with Crippen molar-refractivity contribution in [2.24, 2.45) is 5.41 Å². The number of anilines is 1. The van der Waals surface area contributed by atoms with E-state index in [1.54, 1.807) is 10.6 Å². The largest absolute Gasteiger partial charge is 0.380 e. The van der Waals surface area contributed by atoms with Crippen LogP contribution in [0.4, 0.5) is 14.6 Å². The number of aromatic nitrogens is 4. The Bertz CT molecular complexity index is 1450. The summed E-state index contributed by atoms with van der Waals surface area (Å²) in [6.07, 6.45) is 1.45. The normalized spacial score (nSPS) is 20.8. The SMILES string of the molecule is N#CC1(NS(=O)(=O)c2cc(N3CCC4(CC3)COC4)n3ncc(-c4nnc(C(F)F)s4)c3c2)CC1. The Kier molecular flexibility index (Phi) is 5.12. The molecule has 1 N–H and O–H groups in total. The summed E-state index contributed by atoms with van der Waals surface area (Å²) in [5, 5.41) is 21.1. The first-order chi connectivity index (χ1) is 16.7. The number of rotatable bonds is 6. The third-order valence-electron chi connectivity index (χ3n) is 7.00. The Morgan fingerprint density at radius 2 is 1.91 bits per heavy atom. The highest BCUT2D eigenvalue weighted by Crippen LogP contribution is 2.41. The molecule has 2 saturated heterocycles. The molecular formula is C21H21F2N7O3S2. The fraction of sp³-hybridized carbons (Fsp3) is 0.524. The Hall–Kier alpha value is -2.73. The number of nitrogens with zero attached hydrogens (tertiary/aromatic N) is 6. The van der Waals surface area contributed by atoms with Gasteiger partial charge in [-0.25, -0.2) is 21.7 Å². The van der Waals surface area contributed by atoms with E-state index in [1.165, 1.54) is 12.3 Å². The van der Waals surface area contributed by atoms with Gasteiger partial charge in [0.05, 0.1) is 41.5 Å². The lowest BCUT2D eigenvalue weighted by molar-refractivity contribution is -0.124. The maximum Gasteiger partial charge on any atom is 0.291 e. The average molecular weight is 522 g/mol. The molecule has 0 atom stereocenters. The van der Waals surface area contributed by atoms with Crippen molar-refractivity contribution < 1.29 is 21.9 Å². The van der Waals surface area contributed by atoms with E-state index in [9.17, 15) is 22.5 Å². The molecule has 10 nitrogen and oxygen atoms in total. The van der Waals surface area contributed by atoms with Crippen LogP contribution in [-0.4, -0.2) is 60.1 Å². The van der Waals surface area contributed by atoms with Crippen LogP contribution in [-0.2, 0) is 14.8 Å². The smallest absolute Gasteiger partial charge is 0.291 e. The van der Waals surface area contributed by atoms with Crippen LogP contribution in [0.1, 0.15) is 37.1 Å². The molecule has 3 aromatic heterocycles. The minimum Gasteiger partial charge on any atom is -0.380 e. The standard InChI is InChI=1S/C21H21F2N7O3S2/c22-17(23)19-27-26-18(34-19)14-9-25-30-15(14)7-13(35(31,32)28-21(10-24)1-2-21)8-16(30)29-5-3-20(4-6-29)11-33-12-20/h7-9,17,28H,1-6,11-12H2. The molecule has 1 saturated carbocycles. The van der Waals surface area contributed by atoms with Crippen molar-refractivity contribution in [3.05, 3.63) is 23.3 Å². The van der Waals surface area contributed by atoms with Crippen LogP contribution in [0, 0.1) is 16.7 Å². The first-order valence-corrected chi connectivity index (χ1v) is 13.4. The van der Waals surface area contributed by atoms with E-state index in [-0.39, 0.29) is 15.3 Å². The van der Waals surface area contributed by atoms with Crippen LogP contribution < -0.4 is 9.62 Å². The highest BCUT2D eigenvalue weighted by molar-refractivity contribution is 7.89. The van der Waals surface area contributed by atoms with E-state index in [1.807, 2.05) is 6.07 Å². The Morgan fingerprint density at radius 3 is 2.49 bits per heavy atom. The molecule has 35 heavy (non-hydrogen) atoms. The number of pyridine rings is 1. The van der Waals surface area contributed by atoms with Gasteiger partial charge in [-0.05, 0) is 31.7 Å². The average Bonchev–Trinajstić information content (AvgIpc) is 3.21. The number of sulfonamides is 1. The minimum absolute atomic E-state index is 0.0193. The van der Waals surface area contributed by atoms with Crippen molar-refractivity contribution >= 4 is 32.7 Å². The lowest BCUT2D eigenvalue weighted by atomic mass is 9.77. The first kappa shape index (κ1) is 22.7. The summed E-state index contributed by atoms with van der Waals surface area (Å²) in [5.41, 5.74) is -0.0789. The number of piperidine rings is 1. The lowest BCUT2D eigenvalue weighted by Gasteiger charge is -2.47. The summed E-state index contributed by atoms with van der Waals surface area (Å²) < 4.78 is 62.4. The summed E-state index contributed by atoms with van der Waals surface area (Å²) >= 11 is 0.741. The van der Waals surface area contributed by atoms with Crippen molar-refractivity contribution in [2.75, 3.05) is 31.2 Å². The van der Waals surface area contributed by atoms with Gasteiger partial charge in [-0.1, -0.05) is 11.3 Å². The minimum atomic E-state index is -4.03. The molecule has 0 unspecified atom stereocenters. The molecule has 5 heterocycles. The number of ether oxygens (including phenoxy) is 1. The van der Waals surface area contributed by atoms with E-state index in [0.29, 0.717) is 42.8 Å². The van der Waals surface area contributed by atoms with E-state index >= 15 is 0 Å². The summed E-state index contributed by atoms with van der Waals surface area (Å²) in [7, 11) is -4.03. The predicted molar refractivity (Wildman–Crippen MR) is 122 cm³/mol. The van der Waals surface area contributed by atoms with Gasteiger partial charge in [-0.15, -0.1) is 10.2 Å². The second-order valence-electron chi connectivity index (χ2n) is 9.43. The summed E-state index contributed by atoms with van der Waals surface area (Å²) in [6, 6.07) is 5.04. The molecule has 0 aromatic carbocycles. The van der Waals surface area contributed by atoms with Crippen LogP contribution in [0.2, 0.25) is 0 Å². The number of halogens is 2. The summed E-state index contributed by atoms with van der Waals surface area (Å²) in [4.78, 5) is 2.06. The molecule has 0 amide bonds. The maximum absolute atomic E-state index is 13.3. The molecule has 1 aliphatic carbocycles. The van der Waals surface area contributed by atoms with Gasteiger partial charge in [0, 0.05) is 24.6 Å². The molecule has 3 fully saturated rings. The molecule has 14 heteroatoms. The van der Waals surface area contributed by atoms with E-state index < -0.39 is 27.0 Å². The molecule has 184 valence electrons. The molecule has 1 spiro atoms. The number of fused-ring (bicyclic) bond motifs is 1. The lowest BCUT2D eigenvalue weighted by Crippen LogP contribution is -2.51. The van der Waals surface area contributed by atoms with E-state index in [2.05, 4.69) is 24.9 Å². The predicted octanol–water partition coefficient (Wildman–Crippen LogP) is 2.74. The quantitative estimate of drug-likeness (QED) is 0.525. The van der Waals surface area contributed by atoms with Crippen LogP contribution in [0.15, 0.2) is 23.2 Å². The van der Waals surface area contributed by atoms with Crippen LogP contribution in [0.3, 0.4) is 0 Å². The molecule has 0 radical (unpaired) electrons. The molecule has 0 bridgehead atoms. The van der Waals surface area contributed by atoms with Crippen LogP contribution in [0.25, 0.3) is 16.1 Å². The number of alkyl halides is 2. The van der Waals surface area contributed by atoms with Gasteiger partial charge >= 0.3 is 0 Å². The zero-order valence-corrected chi connectivity index (χ0v) is 20.1. The molecular weight excluding hydrogens is 500 g/mol. The summed E-state index contributed by atoms with van der Waals surface area (Å²) in [5.74, 6) is 0.574. The van der Waals surface area contributed by atoms with Gasteiger partial charge in [-0.2, -0.15) is 15.1 Å². The van der Waals surface area contributed by atoms with Gasteiger partial charge in [0.1, 0.15) is 11.4 Å². The molecule has 3 aromatic rings. The van der Waals surface area contributed by atoms with Gasteiger partial charge in [-0.3, -0.25) is 0 Å². The Labute approximate surface area is 203 Å². The van der Waals surface area contributed by atoms with Gasteiger partial charge in [0.15, 0.2) is 10.0 Å². The third-order valence-corrected chi connectivity index (χ3v) is 9.48. The second kappa shape index (κ2) is 7.89. The number of nitriles is 1. The van der Waals surface area contributed by atoms with Crippen molar-refractivity contribution in [1.82, 2.24) is 24.5 Å². The Morgan fingerprint density at radius 1 is 1.17 bits per heavy atom. The second-order valence-corrected chi connectivity index (χ2v) is 12.1. The highest BCUT2D eigenvalue weighted by Gasteiger charge is 2.47. The fourth-order valence-corrected chi connectivity index (χ4v) is 6.72. The highest BCUT2D eigenvalue weighted by atomic mass is 32.2. The first-order valence-electron chi connectivity index (χ1n) is 11.1. The van der Waals surface area contributed by atoms with Gasteiger partial charge < -0.3 is 9.64 Å². The zero-order valence-electron chi connectivity index (χ0n) is 18.4. The number of nitrogens with one attached hydrogen (secondary N) is 1. The van der Waals surface area contributed by atoms with Crippen molar-refractivity contribution in [1.29, 1.82) is 5.26 Å². The van der Waals surface area contributed by atoms with Crippen LogP contribution >= 0.6 is 11.3 Å². The molecule has 3 aliphatic rings. The maximum atomic E-state index is 13.3. The Balaban J connectivity index is 1.45. The topological polar surface area (TPSA) is 126 Å². The van der Waals surface area contributed by atoms with Gasteiger partial charge in [0.2, 0.25) is 10.0 Å². The number of hydrogen-bond donors (Lipinski definition) is 1. The number of hydrogen-bond acceptors (Lipinski definition) is 9. The zero-order chi connectivity index (χ0) is 24.4. The van der Waals surface area contributed by atoms with E-state index in [4.69, 9.17) is 4.74 Å². The monoisotopic (exact) mass is 521 g/mol. The fourth-order valence-electron chi connectivity index (χ4n) is 4.59. The van der Waals surface area contributed by atoms with E-state index in [0.717, 1.165) is 37.4 Å². The van der Waals surface area contributed by atoms with Gasteiger partial charge in [0.25, 0.3) is 6.43 Å².